The van der Waals surface area contributed by atoms with Gasteiger partial charge in [-0.25, -0.2) is 0 Å². The second-order valence-electron chi connectivity index (χ2n) is 13.3. The van der Waals surface area contributed by atoms with Crippen LogP contribution in [-0.4, -0.2) is 29.5 Å². The maximum Gasteiger partial charge on any atom is 0.0192 e. The maximum absolute atomic E-state index is 4.60. The van der Waals surface area contributed by atoms with E-state index in [2.05, 4.69) is 141 Å². The van der Waals surface area contributed by atoms with Gasteiger partial charge in [-0.05, 0) is 48.1 Å². The van der Waals surface area contributed by atoms with Crippen molar-refractivity contribution in [2.75, 3.05) is 0 Å². The van der Waals surface area contributed by atoms with Crippen LogP contribution in [-0.2, 0) is 26.5 Å². The summed E-state index contributed by atoms with van der Waals surface area (Å²) < 4.78 is 2.80. The first-order valence-electron chi connectivity index (χ1n) is 15.7. The standard InChI is InChI=1S/C25H28N.C17H11N2Se.Ir/c1-17-7-10-22(24-13-18(2)19(3)16-26-24)14-23(17)21-11-8-20(9-12-21)15-25(4,5)6;1-11-5-4-7-14(19-11)15-9-13-12-6-2-3-8-16(12)20-17(13)10-18-15;/h7-9,11-14,16H,15H2,1-6H3;2-6,8-10H,1H3;/q2*-1;. The molecule has 7 rings (SSSR count). The van der Waals surface area contributed by atoms with E-state index in [-0.39, 0.29) is 20.1 Å². The van der Waals surface area contributed by atoms with Crippen molar-refractivity contribution in [3.8, 4) is 33.8 Å². The van der Waals surface area contributed by atoms with Gasteiger partial charge in [0.25, 0.3) is 0 Å². The molecule has 0 aliphatic rings. The van der Waals surface area contributed by atoms with Crippen LogP contribution in [0.2, 0.25) is 0 Å². The van der Waals surface area contributed by atoms with E-state index in [1.54, 1.807) is 0 Å². The van der Waals surface area contributed by atoms with Gasteiger partial charge in [0, 0.05) is 26.3 Å². The van der Waals surface area contributed by atoms with Gasteiger partial charge in [-0.3, -0.25) is 0 Å². The van der Waals surface area contributed by atoms with Crippen LogP contribution in [0.4, 0.5) is 0 Å². The summed E-state index contributed by atoms with van der Waals surface area (Å²) in [6, 6.07) is 36.6. The number of rotatable bonds is 4. The second-order valence-corrected chi connectivity index (χ2v) is 15.5. The van der Waals surface area contributed by atoms with Crippen molar-refractivity contribution in [3.63, 3.8) is 0 Å². The Morgan fingerprint density at radius 3 is 2.17 bits per heavy atom. The van der Waals surface area contributed by atoms with Crippen LogP contribution in [0.15, 0.2) is 97.3 Å². The summed E-state index contributed by atoms with van der Waals surface area (Å²) in [5, 5.41) is 2.65. The Morgan fingerprint density at radius 2 is 1.45 bits per heavy atom. The SMILES string of the molecule is Cc1cc[c-]c(-c2cc3c(cn2)[se]c2ccccc23)n1.Cc1cnc(-c2[c-]cc(C)c(-c3ccc(CC(C)(C)C)cc3)c2)cc1C.[Ir]. The molecule has 0 bridgehead atoms. The molecular formula is C42H39IrN3Se-2. The van der Waals surface area contributed by atoms with Crippen LogP contribution >= 0.6 is 0 Å². The van der Waals surface area contributed by atoms with Crippen molar-refractivity contribution in [2.24, 2.45) is 5.41 Å². The smallest absolute Gasteiger partial charge is 0.0192 e. The Kier molecular flexibility index (Phi) is 10.7. The van der Waals surface area contributed by atoms with E-state index in [1.165, 1.54) is 52.7 Å². The van der Waals surface area contributed by atoms with Crippen molar-refractivity contribution in [1.82, 2.24) is 15.0 Å². The number of benzene rings is 3. The minimum Gasteiger partial charge on any atom is -0.304 e. The summed E-state index contributed by atoms with van der Waals surface area (Å²) in [5.74, 6) is 0. The van der Waals surface area contributed by atoms with E-state index in [1.807, 2.05) is 31.5 Å². The number of aromatic nitrogens is 3. The zero-order valence-corrected chi connectivity index (χ0v) is 32.1. The number of hydrogen-bond acceptors (Lipinski definition) is 3. The molecular weight excluding hydrogens is 818 g/mol. The monoisotopic (exact) mass is 858 g/mol. The zero-order chi connectivity index (χ0) is 32.4. The number of hydrogen-bond donors (Lipinski definition) is 0. The van der Waals surface area contributed by atoms with Crippen molar-refractivity contribution in [3.05, 3.63) is 137 Å². The van der Waals surface area contributed by atoms with Crippen molar-refractivity contribution in [2.45, 2.75) is 54.9 Å². The van der Waals surface area contributed by atoms with Crippen molar-refractivity contribution < 1.29 is 20.1 Å². The van der Waals surface area contributed by atoms with Crippen LogP contribution in [0.3, 0.4) is 0 Å². The Morgan fingerprint density at radius 1 is 0.702 bits per heavy atom. The first kappa shape index (κ1) is 34.6. The topological polar surface area (TPSA) is 38.7 Å². The molecule has 4 aromatic heterocycles. The fourth-order valence-corrected chi connectivity index (χ4v) is 7.80. The van der Waals surface area contributed by atoms with E-state index in [4.69, 9.17) is 0 Å². The van der Waals surface area contributed by atoms with Crippen LogP contribution in [0.25, 0.3) is 53.1 Å². The molecule has 0 aliphatic heterocycles. The van der Waals surface area contributed by atoms with Crippen LogP contribution in [0.5, 0.6) is 0 Å². The molecule has 0 unspecified atom stereocenters. The quantitative estimate of drug-likeness (QED) is 0.131. The van der Waals surface area contributed by atoms with E-state index in [0.717, 1.165) is 34.8 Å². The largest absolute Gasteiger partial charge is 0.304 e. The summed E-state index contributed by atoms with van der Waals surface area (Å²) >= 11 is 0.376. The molecule has 3 nitrogen and oxygen atoms in total. The van der Waals surface area contributed by atoms with Gasteiger partial charge in [0.05, 0.1) is 0 Å². The summed E-state index contributed by atoms with van der Waals surface area (Å²) in [6.07, 6.45) is 5.04. The molecule has 0 saturated heterocycles. The number of pyridine rings is 3. The van der Waals surface area contributed by atoms with Gasteiger partial charge in [0.2, 0.25) is 0 Å². The van der Waals surface area contributed by atoms with Gasteiger partial charge in [-0.2, -0.15) is 0 Å². The third-order valence-electron chi connectivity index (χ3n) is 8.15. The van der Waals surface area contributed by atoms with Gasteiger partial charge in [0.1, 0.15) is 0 Å². The molecule has 0 atom stereocenters. The van der Waals surface area contributed by atoms with Crippen LogP contribution in [0.1, 0.15) is 48.7 Å². The Labute approximate surface area is 298 Å². The average molecular weight is 857 g/mol. The molecule has 5 heteroatoms. The van der Waals surface area contributed by atoms with E-state index < -0.39 is 0 Å². The van der Waals surface area contributed by atoms with Crippen molar-refractivity contribution in [1.29, 1.82) is 0 Å². The molecule has 0 fully saturated rings. The first-order chi connectivity index (χ1) is 22.0. The molecule has 0 amide bonds. The fraction of sp³-hybridized carbons (Fsp3) is 0.214. The number of nitrogens with zero attached hydrogens (tertiary/aromatic N) is 3. The Bertz CT molecular complexity index is 2160. The molecule has 3 aromatic carbocycles. The zero-order valence-electron chi connectivity index (χ0n) is 28.0. The van der Waals surface area contributed by atoms with E-state index >= 15 is 0 Å². The van der Waals surface area contributed by atoms with Gasteiger partial charge >= 0.3 is 122 Å². The summed E-state index contributed by atoms with van der Waals surface area (Å²) in [7, 11) is 0. The normalized spacial score (nSPS) is 11.2. The fourth-order valence-electron chi connectivity index (χ4n) is 5.59. The van der Waals surface area contributed by atoms with Gasteiger partial charge in [0.15, 0.2) is 0 Å². The molecule has 4 heterocycles. The van der Waals surface area contributed by atoms with E-state index in [9.17, 15) is 0 Å². The third-order valence-corrected chi connectivity index (χ3v) is 10.5. The Hall–Kier alpha value is -3.72. The summed E-state index contributed by atoms with van der Waals surface area (Å²) in [5.41, 5.74) is 12.7. The third kappa shape index (κ3) is 8.23. The summed E-state index contributed by atoms with van der Waals surface area (Å²) in [4.78, 5) is 13.7. The Balaban J connectivity index is 0.000000186. The molecule has 239 valence electrons. The first-order valence-corrected chi connectivity index (χ1v) is 17.4. The molecule has 0 spiro atoms. The molecule has 0 aliphatic carbocycles. The molecule has 47 heavy (non-hydrogen) atoms. The molecule has 0 saturated carbocycles. The number of aryl methyl sites for hydroxylation is 4. The predicted octanol–water partition coefficient (Wildman–Crippen LogP) is 10.3. The predicted molar refractivity (Wildman–Crippen MR) is 194 cm³/mol. The van der Waals surface area contributed by atoms with Crippen LogP contribution in [0, 0.1) is 45.2 Å². The maximum atomic E-state index is 4.60. The van der Waals surface area contributed by atoms with Crippen molar-refractivity contribution >= 4 is 33.8 Å². The number of fused-ring (bicyclic) bond motifs is 3. The van der Waals surface area contributed by atoms with E-state index in [0.29, 0.717) is 19.9 Å². The van der Waals surface area contributed by atoms with Gasteiger partial charge < -0.3 is 4.98 Å². The second kappa shape index (κ2) is 14.6. The van der Waals surface area contributed by atoms with Gasteiger partial charge in [-0.1, -0.05) is 69.2 Å². The average Bonchev–Trinajstić information content (AvgIpc) is 3.41. The van der Waals surface area contributed by atoms with Crippen LogP contribution < -0.4 is 0 Å². The van der Waals surface area contributed by atoms with Gasteiger partial charge in [-0.15, -0.1) is 29.3 Å². The molecule has 7 aromatic rings. The molecule has 1 radical (unpaired) electrons. The molecule has 0 N–H and O–H groups in total. The minimum absolute atomic E-state index is 0. The minimum atomic E-state index is 0. The summed E-state index contributed by atoms with van der Waals surface area (Å²) in [6.45, 7) is 15.2.